The van der Waals surface area contributed by atoms with E-state index in [0.717, 1.165) is 5.69 Å². The summed E-state index contributed by atoms with van der Waals surface area (Å²) >= 11 is 0. The Labute approximate surface area is 95.2 Å². The van der Waals surface area contributed by atoms with E-state index in [2.05, 4.69) is 5.10 Å². The number of carbonyl (C=O) groups excluding carboxylic acids is 1. The molecule has 0 unspecified atom stereocenters. The van der Waals surface area contributed by atoms with Crippen LogP contribution in [0.4, 0.5) is 0 Å². The van der Waals surface area contributed by atoms with Gasteiger partial charge in [0, 0.05) is 13.1 Å². The molecule has 16 heavy (non-hydrogen) atoms. The molecule has 0 amide bonds. The normalized spacial score (nSPS) is 11.5. The molecule has 0 N–H and O–H groups in total. The van der Waals surface area contributed by atoms with Crippen LogP contribution in [-0.2, 0) is 11.8 Å². The third kappa shape index (κ3) is 2.82. The second-order valence-electron chi connectivity index (χ2n) is 3.43. The smallest absolute Gasteiger partial charge is 0.336 e. The molecule has 1 heterocycles. The Morgan fingerprint density at radius 1 is 1.38 bits per heavy atom. The number of aromatic nitrogens is 2. The van der Waals surface area contributed by atoms with Gasteiger partial charge in [-0.25, -0.2) is 4.79 Å². The predicted molar refractivity (Wildman–Crippen MR) is 62.3 cm³/mol. The molecular formula is C12H16N2O2. The lowest BCUT2D eigenvalue weighted by atomic mass is 10.3. The summed E-state index contributed by atoms with van der Waals surface area (Å²) in [5, 5.41) is 4.16. The third-order valence-electron chi connectivity index (χ3n) is 2.18. The van der Waals surface area contributed by atoms with Crippen LogP contribution in [0.1, 0.15) is 18.3 Å². The molecule has 0 atom stereocenters. The van der Waals surface area contributed by atoms with Crippen molar-refractivity contribution in [2.45, 2.75) is 20.8 Å². The van der Waals surface area contributed by atoms with Crippen molar-refractivity contribution in [3.05, 3.63) is 35.7 Å². The summed E-state index contributed by atoms with van der Waals surface area (Å²) in [5.41, 5.74) is 1.55. The molecule has 1 aromatic rings. The van der Waals surface area contributed by atoms with Crippen LogP contribution in [-0.4, -0.2) is 15.7 Å². The Morgan fingerprint density at radius 2 is 2.06 bits per heavy atom. The lowest BCUT2D eigenvalue weighted by Gasteiger charge is -2.00. The van der Waals surface area contributed by atoms with Crippen LogP contribution in [0, 0.1) is 13.8 Å². The van der Waals surface area contributed by atoms with Gasteiger partial charge in [-0.05, 0) is 20.8 Å². The van der Waals surface area contributed by atoms with E-state index in [9.17, 15) is 4.79 Å². The summed E-state index contributed by atoms with van der Waals surface area (Å²) in [7, 11) is 1.81. The maximum atomic E-state index is 11.4. The van der Waals surface area contributed by atoms with Crippen LogP contribution >= 0.6 is 0 Å². The zero-order chi connectivity index (χ0) is 12.1. The lowest BCUT2D eigenvalue weighted by molar-refractivity contribution is -0.129. The molecule has 0 aromatic carbocycles. The van der Waals surface area contributed by atoms with Gasteiger partial charge in [0.25, 0.3) is 0 Å². The number of hydrogen-bond acceptors (Lipinski definition) is 3. The number of aryl methyl sites for hydroxylation is 2. The van der Waals surface area contributed by atoms with Crippen molar-refractivity contribution in [1.29, 1.82) is 0 Å². The SMILES string of the molecule is C/C=C/C=C/C(=O)Oc1c(C)nn(C)c1C. The molecule has 0 fully saturated rings. The third-order valence-corrected chi connectivity index (χ3v) is 2.18. The fraction of sp³-hybridized carbons (Fsp3) is 0.333. The molecule has 0 aliphatic heterocycles. The number of nitrogens with zero attached hydrogens (tertiary/aromatic N) is 2. The summed E-state index contributed by atoms with van der Waals surface area (Å²) in [6.07, 6.45) is 6.63. The lowest BCUT2D eigenvalue weighted by Crippen LogP contribution is -2.05. The van der Waals surface area contributed by atoms with Gasteiger partial charge in [0.05, 0.1) is 5.69 Å². The highest BCUT2D eigenvalue weighted by molar-refractivity contribution is 5.84. The number of rotatable bonds is 3. The van der Waals surface area contributed by atoms with Gasteiger partial charge < -0.3 is 4.74 Å². The molecule has 4 heteroatoms. The quantitative estimate of drug-likeness (QED) is 0.445. The van der Waals surface area contributed by atoms with E-state index >= 15 is 0 Å². The van der Waals surface area contributed by atoms with Gasteiger partial charge in [0.1, 0.15) is 5.69 Å². The summed E-state index contributed by atoms with van der Waals surface area (Å²) < 4.78 is 6.89. The zero-order valence-electron chi connectivity index (χ0n) is 10.0. The average Bonchev–Trinajstić information content (AvgIpc) is 2.46. The number of hydrogen-bond donors (Lipinski definition) is 0. The summed E-state index contributed by atoms with van der Waals surface area (Å²) in [4.78, 5) is 11.4. The molecule has 1 aromatic heterocycles. The highest BCUT2D eigenvalue weighted by Gasteiger charge is 2.12. The molecule has 0 spiro atoms. The van der Waals surface area contributed by atoms with Gasteiger partial charge in [-0.3, -0.25) is 4.68 Å². The van der Waals surface area contributed by atoms with Gasteiger partial charge in [-0.2, -0.15) is 5.10 Å². The van der Waals surface area contributed by atoms with E-state index < -0.39 is 5.97 Å². The van der Waals surface area contributed by atoms with Crippen LogP contribution in [0.15, 0.2) is 24.3 Å². The average molecular weight is 220 g/mol. The Hall–Kier alpha value is -1.84. The maximum Gasteiger partial charge on any atom is 0.336 e. The molecule has 1 rings (SSSR count). The van der Waals surface area contributed by atoms with E-state index in [1.165, 1.54) is 6.08 Å². The van der Waals surface area contributed by atoms with Crippen molar-refractivity contribution in [2.24, 2.45) is 7.05 Å². The van der Waals surface area contributed by atoms with E-state index in [1.807, 2.05) is 33.9 Å². The van der Waals surface area contributed by atoms with E-state index in [1.54, 1.807) is 16.8 Å². The minimum absolute atomic E-state index is 0.391. The van der Waals surface area contributed by atoms with Gasteiger partial charge in [0.2, 0.25) is 0 Å². The van der Waals surface area contributed by atoms with Crippen molar-refractivity contribution in [2.75, 3.05) is 0 Å². The molecule has 0 radical (unpaired) electrons. The Kier molecular flexibility index (Phi) is 4.05. The second kappa shape index (κ2) is 5.30. The second-order valence-corrected chi connectivity index (χ2v) is 3.43. The molecule has 0 saturated heterocycles. The van der Waals surface area contributed by atoms with Crippen molar-refractivity contribution < 1.29 is 9.53 Å². The van der Waals surface area contributed by atoms with Crippen LogP contribution in [0.25, 0.3) is 0 Å². The molecular weight excluding hydrogens is 204 g/mol. The predicted octanol–water partition coefficient (Wildman–Crippen LogP) is 2.07. The topological polar surface area (TPSA) is 44.1 Å². The monoisotopic (exact) mass is 220 g/mol. The molecule has 86 valence electrons. The number of esters is 1. The van der Waals surface area contributed by atoms with Crippen molar-refractivity contribution >= 4 is 5.97 Å². The minimum atomic E-state index is -0.391. The van der Waals surface area contributed by atoms with Gasteiger partial charge in [-0.15, -0.1) is 0 Å². The minimum Gasteiger partial charge on any atom is -0.419 e. The van der Waals surface area contributed by atoms with Crippen LogP contribution in [0.5, 0.6) is 5.75 Å². The van der Waals surface area contributed by atoms with Crippen molar-refractivity contribution in [3.63, 3.8) is 0 Å². The standard InChI is InChI=1S/C12H16N2O2/c1-5-6-7-8-11(15)16-12-9(2)13-14(4)10(12)3/h5-8H,1-4H3/b6-5+,8-7+. The first kappa shape index (κ1) is 12.2. The fourth-order valence-corrected chi connectivity index (χ4v) is 1.28. The molecule has 4 nitrogen and oxygen atoms in total. The van der Waals surface area contributed by atoms with Crippen LogP contribution in [0.3, 0.4) is 0 Å². The zero-order valence-corrected chi connectivity index (χ0v) is 10.0. The number of allylic oxidation sites excluding steroid dienone is 3. The Morgan fingerprint density at radius 3 is 2.56 bits per heavy atom. The van der Waals surface area contributed by atoms with E-state index in [0.29, 0.717) is 11.4 Å². The maximum absolute atomic E-state index is 11.4. The number of ether oxygens (including phenoxy) is 1. The first-order valence-corrected chi connectivity index (χ1v) is 5.07. The summed E-state index contributed by atoms with van der Waals surface area (Å²) in [5.74, 6) is 0.148. The van der Waals surface area contributed by atoms with Gasteiger partial charge in [0.15, 0.2) is 5.75 Å². The largest absolute Gasteiger partial charge is 0.419 e. The Bertz CT molecular complexity index is 442. The molecule has 0 aliphatic carbocycles. The highest BCUT2D eigenvalue weighted by atomic mass is 16.5. The summed E-state index contributed by atoms with van der Waals surface area (Å²) in [6.45, 7) is 5.55. The van der Waals surface area contributed by atoms with Gasteiger partial charge >= 0.3 is 5.97 Å². The Balaban J connectivity index is 2.77. The number of carbonyl (C=O) groups is 1. The van der Waals surface area contributed by atoms with Crippen molar-refractivity contribution in [3.8, 4) is 5.75 Å². The summed E-state index contributed by atoms with van der Waals surface area (Å²) in [6, 6.07) is 0. The first-order valence-electron chi connectivity index (χ1n) is 5.07. The van der Waals surface area contributed by atoms with Crippen molar-refractivity contribution in [1.82, 2.24) is 9.78 Å². The van der Waals surface area contributed by atoms with E-state index in [-0.39, 0.29) is 0 Å². The molecule has 0 bridgehead atoms. The first-order chi connectivity index (χ1) is 7.56. The molecule has 0 aliphatic rings. The van der Waals surface area contributed by atoms with Gasteiger partial charge in [-0.1, -0.05) is 18.2 Å². The molecule has 0 saturated carbocycles. The highest BCUT2D eigenvalue weighted by Crippen LogP contribution is 2.21. The van der Waals surface area contributed by atoms with Crippen LogP contribution in [0.2, 0.25) is 0 Å². The fourth-order valence-electron chi connectivity index (χ4n) is 1.28. The van der Waals surface area contributed by atoms with E-state index in [4.69, 9.17) is 4.74 Å². The van der Waals surface area contributed by atoms with Crippen LogP contribution < -0.4 is 4.74 Å².